The van der Waals surface area contributed by atoms with E-state index in [1.54, 1.807) is 20.8 Å². The number of amides is 1. The normalized spacial score (nSPS) is 13.4. The third-order valence-corrected chi connectivity index (χ3v) is 2.69. The van der Waals surface area contributed by atoms with Gasteiger partial charge < -0.3 is 11.1 Å². The van der Waals surface area contributed by atoms with Crippen LogP contribution in [0.3, 0.4) is 0 Å². The Hall–Kier alpha value is -1.72. The van der Waals surface area contributed by atoms with Gasteiger partial charge in [0, 0.05) is 11.6 Å². The predicted molar refractivity (Wildman–Crippen MR) is 67.3 cm³/mol. The molecule has 1 rings (SSSR count). The van der Waals surface area contributed by atoms with Gasteiger partial charge in [0.25, 0.3) is 0 Å². The number of anilines is 1. The van der Waals surface area contributed by atoms with Gasteiger partial charge in [0.15, 0.2) is 0 Å². The zero-order chi connectivity index (χ0) is 14.8. The number of nitrogens with two attached hydrogens (primary N) is 1. The van der Waals surface area contributed by atoms with E-state index in [1.165, 1.54) is 6.07 Å². The highest BCUT2D eigenvalue weighted by molar-refractivity contribution is 5.78. The van der Waals surface area contributed by atoms with Crippen LogP contribution in [-0.4, -0.2) is 5.91 Å². The van der Waals surface area contributed by atoms with E-state index in [1.807, 2.05) is 0 Å². The lowest BCUT2D eigenvalue weighted by Crippen LogP contribution is -2.30. The highest BCUT2D eigenvalue weighted by Crippen LogP contribution is 2.32. The molecular formula is C13H17F3N2O. The molecule has 0 saturated heterocycles. The molecule has 6 heteroatoms. The molecule has 3 nitrogen and oxygen atoms in total. The lowest BCUT2D eigenvalue weighted by Gasteiger charge is -2.18. The number of nitrogens with one attached hydrogen (secondary N) is 1. The van der Waals surface area contributed by atoms with Crippen molar-refractivity contribution in [2.75, 3.05) is 5.73 Å². The summed E-state index contributed by atoms with van der Waals surface area (Å²) in [5.41, 5.74) is 5.02. The summed E-state index contributed by atoms with van der Waals surface area (Å²) in [6, 6.07) is 2.78. The number of carbonyl (C=O) groups is 1. The molecule has 0 heterocycles. The summed E-state index contributed by atoms with van der Waals surface area (Å²) < 4.78 is 38.0. The largest absolute Gasteiger partial charge is 0.416 e. The molecule has 0 saturated carbocycles. The maximum atomic E-state index is 12.7. The van der Waals surface area contributed by atoms with Crippen molar-refractivity contribution in [2.45, 2.75) is 33.0 Å². The maximum absolute atomic E-state index is 12.7. The molecule has 1 aromatic rings. The minimum atomic E-state index is -4.45. The van der Waals surface area contributed by atoms with Gasteiger partial charge in [-0.05, 0) is 30.7 Å². The first-order valence-electron chi connectivity index (χ1n) is 5.89. The van der Waals surface area contributed by atoms with E-state index in [0.717, 1.165) is 12.1 Å². The van der Waals surface area contributed by atoms with Crippen molar-refractivity contribution in [3.05, 3.63) is 29.3 Å². The Morgan fingerprint density at radius 3 is 2.26 bits per heavy atom. The lowest BCUT2D eigenvalue weighted by molar-refractivity contribution is -0.137. The Kier molecular flexibility index (Phi) is 4.44. The minimum absolute atomic E-state index is 0.0236. The second-order valence-electron chi connectivity index (χ2n) is 4.77. The first kappa shape index (κ1) is 15.3. The molecule has 0 fully saturated rings. The van der Waals surface area contributed by atoms with Crippen LogP contribution in [0, 0.1) is 5.92 Å². The quantitative estimate of drug-likeness (QED) is 0.832. The van der Waals surface area contributed by atoms with E-state index in [0.29, 0.717) is 5.56 Å². The van der Waals surface area contributed by atoms with E-state index in [2.05, 4.69) is 5.32 Å². The standard InChI is InChI=1S/C13H17F3N2O/c1-7(2)12(19)18-8(3)9-4-10(13(14,15)16)6-11(17)5-9/h4-8H,17H2,1-3H3,(H,18,19)/t8-/m1/s1. The van der Waals surface area contributed by atoms with Crippen LogP contribution in [0.2, 0.25) is 0 Å². The van der Waals surface area contributed by atoms with Crippen LogP contribution in [0.15, 0.2) is 18.2 Å². The second kappa shape index (κ2) is 5.50. The van der Waals surface area contributed by atoms with Crippen molar-refractivity contribution in [3.63, 3.8) is 0 Å². The molecule has 0 bridgehead atoms. The monoisotopic (exact) mass is 274 g/mol. The number of alkyl halides is 3. The van der Waals surface area contributed by atoms with Gasteiger partial charge in [0.1, 0.15) is 0 Å². The van der Waals surface area contributed by atoms with E-state index in [-0.39, 0.29) is 17.5 Å². The molecule has 3 N–H and O–H groups in total. The molecule has 19 heavy (non-hydrogen) atoms. The number of hydrogen-bond donors (Lipinski definition) is 2. The number of hydrogen-bond acceptors (Lipinski definition) is 2. The maximum Gasteiger partial charge on any atom is 0.416 e. The van der Waals surface area contributed by atoms with Gasteiger partial charge in [-0.25, -0.2) is 0 Å². The minimum Gasteiger partial charge on any atom is -0.399 e. The Morgan fingerprint density at radius 1 is 1.21 bits per heavy atom. The molecule has 0 unspecified atom stereocenters. The third kappa shape index (κ3) is 4.15. The smallest absolute Gasteiger partial charge is 0.399 e. The van der Waals surface area contributed by atoms with Crippen molar-refractivity contribution in [1.29, 1.82) is 0 Å². The fourth-order valence-electron chi connectivity index (χ4n) is 1.55. The average molecular weight is 274 g/mol. The van der Waals surface area contributed by atoms with Crippen molar-refractivity contribution >= 4 is 11.6 Å². The molecule has 0 aliphatic carbocycles. The van der Waals surface area contributed by atoms with Crippen LogP contribution in [0.1, 0.15) is 37.9 Å². The molecule has 0 aliphatic rings. The number of benzene rings is 1. The highest BCUT2D eigenvalue weighted by Gasteiger charge is 2.31. The number of carbonyl (C=O) groups excluding carboxylic acids is 1. The van der Waals surface area contributed by atoms with Crippen molar-refractivity contribution in [3.8, 4) is 0 Å². The fourth-order valence-corrected chi connectivity index (χ4v) is 1.55. The molecule has 0 radical (unpaired) electrons. The molecule has 106 valence electrons. The van der Waals surface area contributed by atoms with Gasteiger partial charge in [0.05, 0.1) is 11.6 Å². The molecule has 1 aromatic carbocycles. The van der Waals surface area contributed by atoms with Crippen molar-refractivity contribution in [1.82, 2.24) is 5.32 Å². The van der Waals surface area contributed by atoms with Crippen LogP contribution < -0.4 is 11.1 Å². The molecule has 0 aliphatic heterocycles. The van der Waals surface area contributed by atoms with Crippen LogP contribution in [0.4, 0.5) is 18.9 Å². The van der Waals surface area contributed by atoms with Gasteiger partial charge in [-0.2, -0.15) is 13.2 Å². The van der Waals surface area contributed by atoms with Gasteiger partial charge in [-0.15, -0.1) is 0 Å². The van der Waals surface area contributed by atoms with Crippen LogP contribution in [-0.2, 0) is 11.0 Å². The van der Waals surface area contributed by atoms with Gasteiger partial charge in [-0.3, -0.25) is 4.79 Å². The van der Waals surface area contributed by atoms with E-state index >= 15 is 0 Å². The average Bonchev–Trinajstić information content (AvgIpc) is 2.26. The summed E-state index contributed by atoms with van der Waals surface area (Å²) in [5.74, 6) is -0.450. The van der Waals surface area contributed by atoms with Gasteiger partial charge >= 0.3 is 6.18 Å². The van der Waals surface area contributed by atoms with Crippen LogP contribution in [0.5, 0.6) is 0 Å². The molecule has 0 spiro atoms. The first-order valence-corrected chi connectivity index (χ1v) is 5.89. The van der Waals surface area contributed by atoms with Gasteiger partial charge in [0.2, 0.25) is 5.91 Å². The Labute approximate surface area is 110 Å². The Morgan fingerprint density at radius 2 is 1.79 bits per heavy atom. The van der Waals surface area contributed by atoms with E-state index in [4.69, 9.17) is 5.73 Å². The van der Waals surface area contributed by atoms with E-state index < -0.39 is 17.8 Å². The Bertz CT molecular complexity index is 469. The molecular weight excluding hydrogens is 257 g/mol. The highest BCUT2D eigenvalue weighted by atomic mass is 19.4. The van der Waals surface area contributed by atoms with Gasteiger partial charge in [-0.1, -0.05) is 13.8 Å². The van der Waals surface area contributed by atoms with Crippen LogP contribution >= 0.6 is 0 Å². The summed E-state index contributed by atoms with van der Waals surface area (Å²) in [5, 5.41) is 2.64. The fraction of sp³-hybridized carbons (Fsp3) is 0.462. The van der Waals surface area contributed by atoms with Crippen molar-refractivity contribution < 1.29 is 18.0 Å². The zero-order valence-corrected chi connectivity index (χ0v) is 11.0. The zero-order valence-electron chi connectivity index (χ0n) is 11.0. The molecule has 1 amide bonds. The first-order chi connectivity index (χ1) is 8.61. The lowest BCUT2D eigenvalue weighted by atomic mass is 10.0. The molecule has 0 aromatic heterocycles. The second-order valence-corrected chi connectivity index (χ2v) is 4.77. The predicted octanol–water partition coefficient (Wildman–Crippen LogP) is 3.12. The topological polar surface area (TPSA) is 55.1 Å². The summed E-state index contributed by atoms with van der Waals surface area (Å²) >= 11 is 0. The van der Waals surface area contributed by atoms with Crippen LogP contribution in [0.25, 0.3) is 0 Å². The summed E-state index contributed by atoms with van der Waals surface area (Å²) in [6.45, 7) is 5.04. The van der Waals surface area contributed by atoms with Crippen molar-refractivity contribution in [2.24, 2.45) is 5.92 Å². The number of halogens is 3. The summed E-state index contributed by atoms with van der Waals surface area (Å²) in [4.78, 5) is 11.5. The number of rotatable bonds is 3. The summed E-state index contributed by atoms with van der Waals surface area (Å²) in [7, 11) is 0. The van der Waals surface area contributed by atoms with E-state index in [9.17, 15) is 18.0 Å². The Balaban J connectivity index is 3.01. The third-order valence-electron chi connectivity index (χ3n) is 2.69. The number of nitrogen functional groups attached to an aromatic ring is 1. The summed E-state index contributed by atoms with van der Waals surface area (Å²) in [6.07, 6.45) is -4.45. The SMILES string of the molecule is CC(C)C(=O)N[C@H](C)c1cc(N)cc(C(F)(F)F)c1. The molecule has 1 atom stereocenters.